The molecule has 2 aromatic carbocycles. The lowest BCUT2D eigenvalue weighted by molar-refractivity contribution is 0.425. The first-order chi connectivity index (χ1) is 13.3. The molecule has 1 atom stereocenters. The average molecular weight is 361 g/mol. The Hall–Kier alpha value is -1.82. The second kappa shape index (κ2) is 10.5. The smallest absolute Gasteiger partial charge is 0.0184 e. The Kier molecular flexibility index (Phi) is 7.75. The first kappa shape index (κ1) is 19.9. The molecule has 0 N–H and O–H groups in total. The summed E-state index contributed by atoms with van der Waals surface area (Å²) < 4.78 is 0. The van der Waals surface area contributed by atoms with Gasteiger partial charge in [0.15, 0.2) is 0 Å². The zero-order chi connectivity index (χ0) is 18.9. The molecule has 0 aromatic heterocycles. The number of hydrogen-bond acceptors (Lipinski definition) is 0. The third kappa shape index (κ3) is 5.83. The van der Waals surface area contributed by atoms with E-state index in [0.717, 1.165) is 5.92 Å². The summed E-state index contributed by atoms with van der Waals surface area (Å²) in [5.41, 5.74) is 7.07. The maximum atomic E-state index is 2.52. The minimum atomic E-state index is 0.923. The zero-order valence-electron chi connectivity index (χ0n) is 17.3. The molecule has 0 saturated heterocycles. The Balaban J connectivity index is 1.56. The van der Waals surface area contributed by atoms with E-state index in [1.54, 1.807) is 5.57 Å². The lowest BCUT2D eigenvalue weighted by atomic mass is 9.83. The normalized spacial score (nSPS) is 17.0. The van der Waals surface area contributed by atoms with E-state index in [9.17, 15) is 0 Å². The fourth-order valence-corrected chi connectivity index (χ4v) is 4.30. The van der Waals surface area contributed by atoms with Crippen LogP contribution in [0.1, 0.15) is 82.8 Å². The van der Waals surface area contributed by atoms with Crippen molar-refractivity contribution in [3.8, 4) is 11.1 Å². The predicted molar refractivity (Wildman–Crippen MR) is 120 cm³/mol. The zero-order valence-corrected chi connectivity index (χ0v) is 17.3. The molecule has 0 radical (unpaired) electrons. The first-order valence-corrected chi connectivity index (χ1v) is 11.2. The van der Waals surface area contributed by atoms with Crippen molar-refractivity contribution in [3.63, 3.8) is 0 Å². The van der Waals surface area contributed by atoms with Crippen LogP contribution in [0, 0.1) is 5.92 Å². The molecule has 0 saturated carbocycles. The fraction of sp³-hybridized carbons (Fsp3) is 0.481. The van der Waals surface area contributed by atoms with E-state index in [-0.39, 0.29) is 0 Å². The molecule has 0 bridgehead atoms. The third-order valence-corrected chi connectivity index (χ3v) is 6.07. The summed E-state index contributed by atoms with van der Waals surface area (Å²) in [6.45, 7) is 4.53. The minimum Gasteiger partial charge on any atom is -0.0804 e. The number of benzene rings is 2. The van der Waals surface area contributed by atoms with Crippen LogP contribution in [0.5, 0.6) is 0 Å². The molecular formula is C27H36. The second-order valence-corrected chi connectivity index (χ2v) is 8.24. The third-order valence-electron chi connectivity index (χ3n) is 6.07. The Morgan fingerprint density at radius 3 is 2.00 bits per heavy atom. The van der Waals surface area contributed by atoms with Crippen molar-refractivity contribution >= 4 is 5.57 Å². The maximum absolute atomic E-state index is 2.52. The molecule has 2 aromatic rings. The van der Waals surface area contributed by atoms with Gasteiger partial charge in [-0.1, -0.05) is 107 Å². The predicted octanol–water partition coefficient (Wildman–Crippen LogP) is 8.46. The van der Waals surface area contributed by atoms with Gasteiger partial charge in [0.25, 0.3) is 0 Å². The van der Waals surface area contributed by atoms with E-state index in [2.05, 4.69) is 68.5 Å². The highest BCUT2D eigenvalue weighted by molar-refractivity contribution is 5.71. The summed E-state index contributed by atoms with van der Waals surface area (Å²) >= 11 is 0. The Morgan fingerprint density at radius 1 is 0.741 bits per heavy atom. The van der Waals surface area contributed by atoms with Crippen LogP contribution in [0.3, 0.4) is 0 Å². The van der Waals surface area contributed by atoms with Gasteiger partial charge in [-0.2, -0.15) is 0 Å². The van der Waals surface area contributed by atoms with E-state index in [1.165, 1.54) is 86.5 Å². The molecular weight excluding hydrogens is 324 g/mol. The molecule has 0 nitrogen and oxygen atoms in total. The van der Waals surface area contributed by atoms with Gasteiger partial charge in [0.05, 0.1) is 0 Å². The fourth-order valence-electron chi connectivity index (χ4n) is 4.30. The second-order valence-electron chi connectivity index (χ2n) is 8.24. The van der Waals surface area contributed by atoms with Crippen LogP contribution in [-0.4, -0.2) is 0 Å². The molecule has 0 heteroatoms. The monoisotopic (exact) mass is 360 g/mol. The van der Waals surface area contributed by atoms with Gasteiger partial charge in [-0.3, -0.25) is 0 Å². The van der Waals surface area contributed by atoms with Crippen molar-refractivity contribution in [1.82, 2.24) is 0 Å². The Labute approximate surface area is 166 Å². The lowest BCUT2D eigenvalue weighted by Gasteiger charge is -2.22. The van der Waals surface area contributed by atoms with Crippen molar-refractivity contribution in [3.05, 3.63) is 65.7 Å². The van der Waals surface area contributed by atoms with Crippen LogP contribution in [0.15, 0.2) is 54.6 Å². The van der Waals surface area contributed by atoms with Gasteiger partial charge >= 0.3 is 0 Å². The molecule has 1 aliphatic rings. The van der Waals surface area contributed by atoms with Gasteiger partial charge in [-0.25, -0.2) is 0 Å². The van der Waals surface area contributed by atoms with Gasteiger partial charge in [-0.15, -0.1) is 0 Å². The molecule has 0 heterocycles. The highest BCUT2D eigenvalue weighted by Crippen LogP contribution is 2.33. The van der Waals surface area contributed by atoms with Crippen molar-refractivity contribution in [2.45, 2.75) is 78.1 Å². The van der Waals surface area contributed by atoms with Gasteiger partial charge in [0, 0.05) is 0 Å². The molecule has 3 rings (SSSR count). The topological polar surface area (TPSA) is 0 Å². The van der Waals surface area contributed by atoms with Gasteiger partial charge in [0.2, 0.25) is 0 Å². The van der Waals surface area contributed by atoms with E-state index in [1.807, 2.05) is 0 Å². The molecule has 0 amide bonds. The van der Waals surface area contributed by atoms with E-state index >= 15 is 0 Å². The Morgan fingerprint density at radius 2 is 1.41 bits per heavy atom. The minimum absolute atomic E-state index is 0.923. The molecule has 0 spiro atoms. The van der Waals surface area contributed by atoms with Crippen LogP contribution < -0.4 is 0 Å². The number of rotatable bonds is 9. The SMILES string of the molecule is CCCCCCC1CC=C(c2ccc(-c3ccc(CCC)cc3)cc2)CC1. The number of unbranched alkanes of at least 4 members (excludes halogenated alkanes) is 3. The quantitative estimate of drug-likeness (QED) is 0.393. The summed E-state index contributed by atoms with van der Waals surface area (Å²) in [7, 11) is 0. The summed E-state index contributed by atoms with van der Waals surface area (Å²) in [5.74, 6) is 0.923. The van der Waals surface area contributed by atoms with Gasteiger partial charge in [0.1, 0.15) is 0 Å². The van der Waals surface area contributed by atoms with Gasteiger partial charge in [-0.05, 0) is 59.4 Å². The summed E-state index contributed by atoms with van der Waals surface area (Å²) in [4.78, 5) is 0. The maximum Gasteiger partial charge on any atom is -0.0184 e. The standard InChI is InChI=1S/C27H36/c1-3-5-6-7-9-23-12-16-25(17-13-23)27-20-18-26(19-21-27)24-14-10-22(8-4-2)11-15-24/h10-11,14-16,18-21,23H,3-9,12-13,17H2,1-2H3. The van der Waals surface area contributed by atoms with E-state index in [4.69, 9.17) is 0 Å². The summed E-state index contributed by atoms with van der Waals surface area (Å²) in [6.07, 6.45) is 15.8. The number of aryl methyl sites for hydroxylation is 1. The van der Waals surface area contributed by atoms with Crippen LogP contribution in [0.4, 0.5) is 0 Å². The molecule has 0 fully saturated rings. The molecule has 0 aliphatic heterocycles. The molecule has 144 valence electrons. The van der Waals surface area contributed by atoms with Crippen LogP contribution in [-0.2, 0) is 6.42 Å². The highest BCUT2D eigenvalue weighted by atomic mass is 14.2. The first-order valence-electron chi connectivity index (χ1n) is 11.2. The summed E-state index contributed by atoms with van der Waals surface area (Å²) in [6, 6.07) is 18.3. The van der Waals surface area contributed by atoms with E-state index in [0.29, 0.717) is 0 Å². The van der Waals surface area contributed by atoms with Gasteiger partial charge < -0.3 is 0 Å². The van der Waals surface area contributed by atoms with Crippen molar-refractivity contribution in [2.24, 2.45) is 5.92 Å². The average Bonchev–Trinajstić information content (AvgIpc) is 2.73. The number of allylic oxidation sites excluding steroid dienone is 2. The van der Waals surface area contributed by atoms with Crippen molar-refractivity contribution < 1.29 is 0 Å². The van der Waals surface area contributed by atoms with Crippen molar-refractivity contribution in [2.75, 3.05) is 0 Å². The van der Waals surface area contributed by atoms with Crippen LogP contribution in [0.25, 0.3) is 16.7 Å². The van der Waals surface area contributed by atoms with E-state index < -0.39 is 0 Å². The lowest BCUT2D eigenvalue weighted by Crippen LogP contribution is -2.05. The highest BCUT2D eigenvalue weighted by Gasteiger charge is 2.15. The molecule has 1 unspecified atom stereocenters. The largest absolute Gasteiger partial charge is 0.0804 e. The Bertz CT molecular complexity index is 703. The van der Waals surface area contributed by atoms with Crippen molar-refractivity contribution in [1.29, 1.82) is 0 Å². The summed E-state index contributed by atoms with van der Waals surface area (Å²) in [5, 5.41) is 0. The number of hydrogen-bond donors (Lipinski definition) is 0. The van der Waals surface area contributed by atoms with Crippen LogP contribution >= 0.6 is 0 Å². The van der Waals surface area contributed by atoms with Crippen LogP contribution in [0.2, 0.25) is 0 Å². The molecule has 27 heavy (non-hydrogen) atoms. The molecule has 1 aliphatic carbocycles.